The Labute approximate surface area is 123 Å². The highest BCUT2D eigenvalue weighted by Crippen LogP contribution is 2.18. The topological polar surface area (TPSA) is 28.2 Å². The third-order valence-electron chi connectivity index (χ3n) is 3.94. The predicted octanol–water partition coefficient (Wildman–Crippen LogP) is 3.13. The summed E-state index contributed by atoms with van der Waals surface area (Å²) in [5.41, 5.74) is 2.31. The lowest BCUT2D eigenvalue weighted by Crippen LogP contribution is -2.25. The molecule has 1 N–H and O–H groups in total. The van der Waals surface area contributed by atoms with E-state index in [-0.39, 0.29) is 0 Å². The second-order valence-electron chi connectivity index (χ2n) is 5.93. The highest BCUT2D eigenvalue weighted by molar-refractivity contribution is 5.09. The molecule has 1 fully saturated rings. The lowest BCUT2D eigenvalue weighted by Gasteiger charge is -2.20. The summed E-state index contributed by atoms with van der Waals surface area (Å²) in [6.45, 7) is 8.79. The molecule has 3 heteroatoms. The number of rotatable bonds is 10. The molecule has 0 amide bonds. The van der Waals surface area contributed by atoms with E-state index in [1.54, 1.807) is 0 Å². The van der Waals surface area contributed by atoms with Gasteiger partial charge < -0.3 is 5.32 Å². The van der Waals surface area contributed by atoms with Gasteiger partial charge in [0.15, 0.2) is 0 Å². The molecule has 0 spiro atoms. The van der Waals surface area contributed by atoms with Crippen molar-refractivity contribution in [3.8, 4) is 0 Å². The molecule has 0 bridgehead atoms. The molecule has 112 valence electrons. The standard InChI is InChI=1S/C17H29N3/c1-3-20(14-17-9-7-8-15(2)19-17)13-6-4-5-12-18-16-10-11-16/h7-9,16,18H,3-6,10-14H2,1-2H3. The predicted molar refractivity (Wildman–Crippen MR) is 84.8 cm³/mol. The Hall–Kier alpha value is -0.930. The summed E-state index contributed by atoms with van der Waals surface area (Å²) in [7, 11) is 0. The summed E-state index contributed by atoms with van der Waals surface area (Å²) in [6.07, 6.45) is 6.74. The minimum atomic E-state index is 0.856. The van der Waals surface area contributed by atoms with Crippen LogP contribution >= 0.6 is 0 Å². The van der Waals surface area contributed by atoms with Gasteiger partial charge in [0.05, 0.1) is 5.69 Å². The Bertz CT molecular complexity index is 388. The van der Waals surface area contributed by atoms with Gasteiger partial charge in [-0.15, -0.1) is 0 Å². The van der Waals surface area contributed by atoms with Gasteiger partial charge in [0, 0.05) is 18.3 Å². The van der Waals surface area contributed by atoms with Crippen LogP contribution in [-0.4, -0.2) is 35.6 Å². The van der Waals surface area contributed by atoms with E-state index < -0.39 is 0 Å². The molecule has 0 radical (unpaired) electrons. The van der Waals surface area contributed by atoms with Crippen LogP contribution in [0.1, 0.15) is 50.4 Å². The summed E-state index contributed by atoms with van der Waals surface area (Å²) in [6, 6.07) is 7.16. The lowest BCUT2D eigenvalue weighted by atomic mass is 10.2. The van der Waals surface area contributed by atoms with Gasteiger partial charge in [-0.2, -0.15) is 0 Å². The van der Waals surface area contributed by atoms with Gasteiger partial charge in [-0.25, -0.2) is 0 Å². The fraction of sp³-hybridized carbons (Fsp3) is 0.706. The van der Waals surface area contributed by atoms with Crippen LogP contribution in [0.15, 0.2) is 18.2 Å². The van der Waals surface area contributed by atoms with Crippen molar-refractivity contribution < 1.29 is 0 Å². The Balaban J connectivity index is 1.59. The van der Waals surface area contributed by atoms with E-state index in [0.717, 1.165) is 24.8 Å². The van der Waals surface area contributed by atoms with Gasteiger partial charge in [-0.3, -0.25) is 9.88 Å². The van der Waals surface area contributed by atoms with Gasteiger partial charge in [0.25, 0.3) is 0 Å². The van der Waals surface area contributed by atoms with Crippen molar-refractivity contribution >= 4 is 0 Å². The van der Waals surface area contributed by atoms with Crippen molar-refractivity contribution in [2.75, 3.05) is 19.6 Å². The number of hydrogen-bond donors (Lipinski definition) is 1. The maximum atomic E-state index is 4.59. The first-order valence-electron chi connectivity index (χ1n) is 8.16. The molecule has 20 heavy (non-hydrogen) atoms. The van der Waals surface area contributed by atoms with Crippen LogP contribution in [0.3, 0.4) is 0 Å². The second kappa shape index (κ2) is 8.38. The SMILES string of the molecule is CCN(CCCCCNC1CC1)Cc1cccc(C)n1. The second-order valence-corrected chi connectivity index (χ2v) is 5.93. The maximum Gasteiger partial charge on any atom is 0.0547 e. The van der Waals surface area contributed by atoms with Gasteiger partial charge in [0.1, 0.15) is 0 Å². The number of nitrogens with one attached hydrogen (secondary N) is 1. The van der Waals surface area contributed by atoms with Crippen molar-refractivity contribution in [1.82, 2.24) is 15.2 Å². The molecular weight excluding hydrogens is 246 g/mol. The number of aryl methyl sites for hydroxylation is 1. The summed E-state index contributed by atoms with van der Waals surface area (Å²) in [5.74, 6) is 0. The van der Waals surface area contributed by atoms with Crippen molar-refractivity contribution in [2.24, 2.45) is 0 Å². The molecule has 1 aromatic heterocycles. The first kappa shape index (κ1) is 15.5. The largest absolute Gasteiger partial charge is 0.314 e. The van der Waals surface area contributed by atoms with Gasteiger partial charge >= 0.3 is 0 Å². The normalized spacial score (nSPS) is 14.9. The molecule has 1 aliphatic carbocycles. The minimum absolute atomic E-state index is 0.856. The Morgan fingerprint density at radius 3 is 2.80 bits per heavy atom. The van der Waals surface area contributed by atoms with Crippen molar-refractivity contribution in [1.29, 1.82) is 0 Å². The van der Waals surface area contributed by atoms with Gasteiger partial charge in [-0.05, 0) is 64.4 Å². The molecule has 1 aliphatic rings. The van der Waals surface area contributed by atoms with E-state index in [4.69, 9.17) is 0 Å². The molecular formula is C17H29N3. The third kappa shape index (κ3) is 6.02. The number of nitrogens with zero attached hydrogens (tertiary/aromatic N) is 2. The van der Waals surface area contributed by atoms with Crippen LogP contribution < -0.4 is 5.32 Å². The van der Waals surface area contributed by atoms with E-state index in [9.17, 15) is 0 Å². The van der Waals surface area contributed by atoms with Gasteiger partial charge in [0.2, 0.25) is 0 Å². The maximum absolute atomic E-state index is 4.59. The Morgan fingerprint density at radius 2 is 2.10 bits per heavy atom. The average molecular weight is 275 g/mol. The number of hydrogen-bond acceptors (Lipinski definition) is 3. The smallest absolute Gasteiger partial charge is 0.0547 e. The molecule has 0 aromatic carbocycles. The van der Waals surface area contributed by atoms with E-state index in [1.165, 1.54) is 50.9 Å². The highest BCUT2D eigenvalue weighted by atomic mass is 15.1. The van der Waals surface area contributed by atoms with E-state index in [1.807, 2.05) is 0 Å². The van der Waals surface area contributed by atoms with Crippen LogP contribution in [0.4, 0.5) is 0 Å². The molecule has 0 unspecified atom stereocenters. The zero-order valence-electron chi connectivity index (χ0n) is 13.1. The highest BCUT2D eigenvalue weighted by Gasteiger charge is 2.19. The lowest BCUT2D eigenvalue weighted by molar-refractivity contribution is 0.269. The number of aromatic nitrogens is 1. The van der Waals surface area contributed by atoms with E-state index in [0.29, 0.717) is 0 Å². The molecule has 1 aromatic rings. The Morgan fingerprint density at radius 1 is 1.25 bits per heavy atom. The van der Waals surface area contributed by atoms with Gasteiger partial charge in [-0.1, -0.05) is 19.4 Å². The molecule has 3 nitrogen and oxygen atoms in total. The van der Waals surface area contributed by atoms with Crippen LogP contribution in [0.5, 0.6) is 0 Å². The molecule has 1 saturated carbocycles. The molecule has 2 rings (SSSR count). The quantitative estimate of drug-likeness (QED) is 0.665. The first-order chi connectivity index (χ1) is 9.78. The average Bonchev–Trinajstić information content (AvgIpc) is 3.25. The summed E-state index contributed by atoms with van der Waals surface area (Å²) in [4.78, 5) is 7.09. The van der Waals surface area contributed by atoms with Crippen LogP contribution in [0.25, 0.3) is 0 Å². The van der Waals surface area contributed by atoms with Crippen molar-refractivity contribution in [2.45, 2.75) is 58.5 Å². The number of unbranched alkanes of at least 4 members (excludes halogenated alkanes) is 2. The first-order valence-corrected chi connectivity index (χ1v) is 8.16. The van der Waals surface area contributed by atoms with Crippen LogP contribution in [0.2, 0.25) is 0 Å². The molecule has 0 aliphatic heterocycles. The van der Waals surface area contributed by atoms with Crippen molar-refractivity contribution in [3.05, 3.63) is 29.6 Å². The molecule has 1 heterocycles. The van der Waals surface area contributed by atoms with E-state index in [2.05, 4.69) is 47.2 Å². The van der Waals surface area contributed by atoms with Crippen molar-refractivity contribution in [3.63, 3.8) is 0 Å². The molecule has 0 atom stereocenters. The fourth-order valence-electron chi connectivity index (χ4n) is 2.50. The van der Waals surface area contributed by atoms with E-state index >= 15 is 0 Å². The molecule has 0 saturated heterocycles. The zero-order chi connectivity index (χ0) is 14.2. The summed E-state index contributed by atoms with van der Waals surface area (Å²) >= 11 is 0. The minimum Gasteiger partial charge on any atom is -0.314 e. The fourth-order valence-corrected chi connectivity index (χ4v) is 2.50. The van der Waals surface area contributed by atoms with Crippen LogP contribution in [-0.2, 0) is 6.54 Å². The zero-order valence-corrected chi connectivity index (χ0v) is 13.1. The number of pyridine rings is 1. The summed E-state index contributed by atoms with van der Waals surface area (Å²) < 4.78 is 0. The third-order valence-corrected chi connectivity index (χ3v) is 3.94. The monoisotopic (exact) mass is 275 g/mol. The Kier molecular flexibility index (Phi) is 6.48. The van der Waals surface area contributed by atoms with Crippen LogP contribution in [0, 0.1) is 6.92 Å². The summed E-state index contributed by atoms with van der Waals surface area (Å²) in [5, 5.41) is 3.58.